The Kier molecular flexibility index (Phi) is 5.53. The number of ether oxygens (including phenoxy) is 1. The molecular weight excluding hydrogens is 386 g/mol. The van der Waals surface area contributed by atoms with Crippen molar-refractivity contribution in [3.05, 3.63) is 94.8 Å². The predicted molar refractivity (Wildman–Crippen MR) is 112 cm³/mol. The Labute approximate surface area is 173 Å². The highest BCUT2D eigenvalue weighted by Crippen LogP contribution is 2.38. The maximum absolute atomic E-state index is 13.3. The number of hydrogen-bond acceptors (Lipinski definition) is 5. The van der Waals surface area contributed by atoms with Gasteiger partial charge in [-0.3, -0.25) is 14.5 Å². The number of carbonyl (C=O) groups excluding carboxylic acids is 2. The minimum Gasteiger partial charge on any atom is -0.496 e. The van der Waals surface area contributed by atoms with Crippen LogP contribution >= 0.6 is 11.8 Å². The molecule has 1 aromatic heterocycles. The number of amides is 2. The molecular formula is C23H19NO4S. The van der Waals surface area contributed by atoms with Gasteiger partial charge in [0.05, 0.1) is 36.1 Å². The van der Waals surface area contributed by atoms with E-state index in [2.05, 4.69) is 0 Å². The molecule has 1 aliphatic rings. The zero-order valence-electron chi connectivity index (χ0n) is 15.8. The van der Waals surface area contributed by atoms with E-state index in [0.29, 0.717) is 22.0 Å². The first-order valence-electron chi connectivity index (χ1n) is 9.12. The van der Waals surface area contributed by atoms with Gasteiger partial charge < -0.3 is 9.15 Å². The lowest BCUT2D eigenvalue weighted by atomic mass is 10.1. The van der Waals surface area contributed by atoms with Gasteiger partial charge in [0, 0.05) is 5.56 Å². The summed E-state index contributed by atoms with van der Waals surface area (Å²) in [6.07, 6.45) is 1.60. The van der Waals surface area contributed by atoms with Crippen LogP contribution in [0.5, 0.6) is 5.75 Å². The number of methoxy groups -OCH3 is 1. The number of para-hydroxylation sites is 1. The minimum atomic E-state index is -0.297. The van der Waals surface area contributed by atoms with Crippen molar-refractivity contribution >= 4 is 29.1 Å². The number of hydrogen-bond donors (Lipinski definition) is 0. The van der Waals surface area contributed by atoms with E-state index in [1.807, 2.05) is 60.7 Å². The Morgan fingerprint density at radius 2 is 1.69 bits per heavy atom. The number of rotatable bonds is 7. The normalized spacial score (nSPS) is 14.0. The van der Waals surface area contributed by atoms with Crippen LogP contribution in [0.15, 0.2) is 82.3 Å². The maximum Gasteiger partial charge on any atom is 0.268 e. The summed E-state index contributed by atoms with van der Waals surface area (Å²) >= 11 is 1.32. The average molecular weight is 405 g/mol. The first kappa shape index (κ1) is 19.1. The number of furan rings is 1. The molecule has 146 valence electrons. The van der Waals surface area contributed by atoms with Crippen molar-refractivity contribution in [3.63, 3.8) is 0 Å². The van der Waals surface area contributed by atoms with Gasteiger partial charge in [-0.25, -0.2) is 0 Å². The molecule has 0 saturated heterocycles. The van der Waals surface area contributed by atoms with Crippen molar-refractivity contribution in [2.24, 2.45) is 0 Å². The first-order chi connectivity index (χ1) is 14.2. The van der Waals surface area contributed by atoms with Crippen LogP contribution < -0.4 is 4.74 Å². The molecule has 0 aliphatic carbocycles. The quantitative estimate of drug-likeness (QED) is 0.542. The lowest BCUT2D eigenvalue weighted by Gasteiger charge is -2.17. The summed E-state index contributed by atoms with van der Waals surface area (Å²) in [7, 11) is 1.57. The summed E-state index contributed by atoms with van der Waals surface area (Å²) in [5, 5.41) is 0. The summed E-state index contributed by atoms with van der Waals surface area (Å²) in [6, 6.07) is 20.3. The second-order valence-corrected chi connectivity index (χ2v) is 7.43. The molecule has 5 nitrogen and oxygen atoms in total. The molecule has 0 fully saturated rings. The van der Waals surface area contributed by atoms with Gasteiger partial charge in [0.15, 0.2) is 0 Å². The van der Waals surface area contributed by atoms with E-state index in [9.17, 15) is 9.59 Å². The molecule has 6 heteroatoms. The molecule has 0 atom stereocenters. The molecule has 0 bridgehead atoms. The number of benzene rings is 2. The lowest BCUT2D eigenvalue weighted by Crippen LogP contribution is -2.31. The fourth-order valence-corrected chi connectivity index (χ4v) is 4.27. The second-order valence-electron chi connectivity index (χ2n) is 6.45. The van der Waals surface area contributed by atoms with Crippen LogP contribution in [0.4, 0.5) is 0 Å². The molecule has 4 rings (SSSR count). The Morgan fingerprint density at radius 1 is 0.931 bits per heavy atom. The van der Waals surface area contributed by atoms with Crippen molar-refractivity contribution in [1.29, 1.82) is 0 Å². The third-order valence-corrected chi connectivity index (χ3v) is 5.74. The molecule has 0 radical (unpaired) electrons. The molecule has 0 N–H and O–H groups in total. The van der Waals surface area contributed by atoms with Crippen molar-refractivity contribution in [2.45, 2.75) is 12.3 Å². The Bertz CT molecular complexity index is 1060. The van der Waals surface area contributed by atoms with E-state index in [0.717, 1.165) is 16.9 Å². The van der Waals surface area contributed by atoms with Crippen LogP contribution in [0, 0.1) is 0 Å². The number of imide groups is 1. The molecule has 3 aromatic rings. The molecule has 0 spiro atoms. The Balaban J connectivity index is 1.67. The minimum absolute atomic E-state index is 0.156. The largest absolute Gasteiger partial charge is 0.496 e. The monoisotopic (exact) mass is 405 g/mol. The predicted octanol–water partition coefficient (Wildman–Crippen LogP) is 4.50. The standard InChI is InChI=1S/C23H19NO4S/c1-27-19-12-6-5-10-17(19)14-24-22(25)20(16-8-3-2-4-9-16)21(23(24)26)29-15-18-11-7-13-28-18/h2-13H,14-15H2,1H3. The number of thioether (sulfide) groups is 1. The van der Waals surface area contributed by atoms with Crippen LogP contribution in [-0.2, 0) is 21.9 Å². The van der Waals surface area contributed by atoms with Crippen LogP contribution in [0.1, 0.15) is 16.9 Å². The van der Waals surface area contributed by atoms with Gasteiger partial charge in [0.25, 0.3) is 11.8 Å². The number of carbonyl (C=O) groups is 2. The molecule has 2 aromatic carbocycles. The van der Waals surface area contributed by atoms with Gasteiger partial charge in [-0.05, 0) is 23.8 Å². The van der Waals surface area contributed by atoms with E-state index in [1.54, 1.807) is 19.4 Å². The summed E-state index contributed by atoms with van der Waals surface area (Å²) < 4.78 is 10.8. The van der Waals surface area contributed by atoms with Gasteiger partial charge in [0.2, 0.25) is 0 Å². The highest BCUT2D eigenvalue weighted by Gasteiger charge is 2.39. The first-order valence-corrected chi connectivity index (χ1v) is 10.1. The van der Waals surface area contributed by atoms with Gasteiger partial charge in [-0.15, -0.1) is 11.8 Å². The van der Waals surface area contributed by atoms with Crippen molar-refractivity contribution in [1.82, 2.24) is 4.90 Å². The Hall–Kier alpha value is -3.25. The van der Waals surface area contributed by atoms with Gasteiger partial charge >= 0.3 is 0 Å². The van der Waals surface area contributed by atoms with Gasteiger partial charge in [-0.2, -0.15) is 0 Å². The second kappa shape index (κ2) is 8.41. The van der Waals surface area contributed by atoms with E-state index in [4.69, 9.17) is 9.15 Å². The number of nitrogens with zero attached hydrogens (tertiary/aromatic N) is 1. The zero-order valence-corrected chi connectivity index (χ0v) is 16.6. The highest BCUT2D eigenvalue weighted by molar-refractivity contribution is 8.03. The lowest BCUT2D eigenvalue weighted by molar-refractivity contribution is -0.137. The van der Waals surface area contributed by atoms with E-state index >= 15 is 0 Å². The van der Waals surface area contributed by atoms with Crippen LogP contribution in [0.3, 0.4) is 0 Å². The van der Waals surface area contributed by atoms with E-state index < -0.39 is 0 Å². The van der Waals surface area contributed by atoms with Gasteiger partial charge in [-0.1, -0.05) is 48.5 Å². The summed E-state index contributed by atoms with van der Waals surface area (Å²) in [4.78, 5) is 28.2. The maximum atomic E-state index is 13.3. The zero-order chi connectivity index (χ0) is 20.2. The van der Waals surface area contributed by atoms with E-state index in [-0.39, 0.29) is 18.4 Å². The smallest absolute Gasteiger partial charge is 0.268 e. The molecule has 2 heterocycles. The topological polar surface area (TPSA) is 59.8 Å². The van der Waals surface area contributed by atoms with Crippen LogP contribution in [-0.4, -0.2) is 23.8 Å². The third-order valence-electron chi connectivity index (χ3n) is 4.65. The van der Waals surface area contributed by atoms with Crippen molar-refractivity contribution < 1.29 is 18.7 Å². The molecule has 2 amide bonds. The summed E-state index contributed by atoms with van der Waals surface area (Å²) in [5.74, 6) is 1.27. The van der Waals surface area contributed by atoms with Crippen LogP contribution in [0.2, 0.25) is 0 Å². The van der Waals surface area contributed by atoms with E-state index in [1.165, 1.54) is 16.7 Å². The van der Waals surface area contributed by atoms with Crippen molar-refractivity contribution in [3.8, 4) is 5.75 Å². The van der Waals surface area contributed by atoms with Gasteiger partial charge in [0.1, 0.15) is 11.5 Å². The molecule has 0 saturated carbocycles. The Morgan fingerprint density at radius 3 is 2.41 bits per heavy atom. The fraction of sp³-hybridized carbons (Fsp3) is 0.130. The average Bonchev–Trinajstić information content (AvgIpc) is 3.35. The fourth-order valence-electron chi connectivity index (χ4n) is 3.23. The molecule has 1 aliphatic heterocycles. The SMILES string of the molecule is COc1ccccc1CN1C(=O)C(SCc2ccco2)=C(c2ccccc2)C1=O. The summed E-state index contributed by atoms with van der Waals surface area (Å²) in [5.41, 5.74) is 1.94. The third kappa shape index (κ3) is 3.84. The summed E-state index contributed by atoms with van der Waals surface area (Å²) in [6.45, 7) is 0.156. The van der Waals surface area contributed by atoms with Crippen molar-refractivity contribution in [2.75, 3.05) is 7.11 Å². The molecule has 29 heavy (non-hydrogen) atoms. The highest BCUT2D eigenvalue weighted by atomic mass is 32.2. The molecule has 0 unspecified atom stereocenters. The van der Waals surface area contributed by atoms with Crippen LogP contribution in [0.25, 0.3) is 5.57 Å².